The fourth-order valence-corrected chi connectivity index (χ4v) is 7.53. The Morgan fingerprint density at radius 1 is 0.514 bits per heavy atom. The Morgan fingerprint density at radius 2 is 0.892 bits per heavy atom. The average molecular weight is 517 g/mol. The molecule has 3 aliphatic rings. The molecule has 0 radical (unpaired) electrons. The van der Waals surface area contributed by atoms with Gasteiger partial charge in [0.15, 0.2) is 17.5 Å². The lowest BCUT2D eigenvalue weighted by atomic mass is 9.67. The first kappa shape index (κ1) is 26.4. The second-order valence-corrected chi connectivity index (χ2v) is 11.8. The molecule has 5 rings (SSSR count). The summed E-state index contributed by atoms with van der Waals surface area (Å²) in [6.45, 7) is 3.88. The van der Waals surface area contributed by atoms with Crippen LogP contribution in [0.4, 0.5) is 22.0 Å². The molecule has 3 aliphatic carbocycles. The van der Waals surface area contributed by atoms with Gasteiger partial charge in [-0.2, -0.15) is 0 Å². The van der Waals surface area contributed by atoms with Crippen LogP contribution in [0, 0.1) is 46.8 Å². The SMILES string of the molecule is C=CC1CCC(c2cc(F)c(C3CCC(C4CCC(c5cc(F)c(F)c(F)c5)CC4)CC3)c(F)c2)CC1. The van der Waals surface area contributed by atoms with Crippen LogP contribution in [-0.2, 0) is 0 Å². The minimum absolute atomic E-state index is 0.0470. The summed E-state index contributed by atoms with van der Waals surface area (Å²) in [6, 6.07) is 5.45. The lowest BCUT2D eigenvalue weighted by Gasteiger charge is -2.38. The van der Waals surface area contributed by atoms with Crippen LogP contribution in [0.3, 0.4) is 0 Å². The fourth-order valence-electron chi connectivity index (χ4n) is 7.53. The minimum atomic E-state index is -1.41. The molecule has 5 heteroatoms. The number of allylic oxidation sites excluding steroid dienone is 1. The molecule has 3 saturated carbocycles. The van der Waals surface area contributed by atoms with E-state index in [0.29, 0.717) is 23.3 Å². The summed E-state index contributed by atoms with van der Waals surface area (Å²) in [5.41, 5.74) is 1.61. The van der Waals surface area contributed by atoms with Crippen molar-refractivity contribution in [2.45, 2.75) is 94.8 Å². The molecular formula is C32H37F5. The summed E-state index contributed by atoms with van der Waals surface area (Å²) in [4.78, 5) is 0. The number of rotatable bonds is 5. The van der Waals surface area contributed by atoms with Gasteiger partial charge in [-0.05, 0) is 148 Å². The summed E-state index contributed by atoms with van der Waals surface area (Å²) >= 11 is 0. The van der Waals surface area contributed by atoms with E-state index in [-0.39, 0.29) is 35.0 Å². The monoisotopic (exact) mass is 516 g/mol. The fraction of sp³-hybridized carbons (Fsp3) is 0.562. The van der Waals surface area contributed by atoms with E-state index >= 15 is 8.78 Å². The maximum Gasteiger partial charge on any atom is 0.194 e. The van der Waals surface area contributed by atoms with Gasteiger partial charge in [0.05, 0.1) is 0 Å². The van der Waals surface area contributed by atoms with Gasteiger partial charge < -0.3 is 0 Å². The van der Waals surface area contributed by atoms with Crippen LogP contribution in [0.15, 0.2) is 36.9 Å². The van der Waals surface area contributed by atoms with Crippen LogP contribution >= 0.6 is 0 Å². The molecule has 0 saturated heterocycles. The number of hydrogen-bond donors (Lipinski definition) is 0. The molecule has 0 atom stereocenters. The Hall–Kier alpha value is -2.17. The molecule has 200 valence electrons. The highest BCUT2D eigenvalue weighted by Crippen LogP contribution is 2.47. The summed E-state index contributed by atoms with van der Waals surface area (Å²) < 4.78 is 71.1. The van der Waals surface area contributed by atoms with Crippen LogP contribution in [0.1, 0.15) is 111 Å². The van der Waals surface area contributed by atoms with E-state index < -0.39 is 17.5 Å². The topological polar surface area (TPSA) is 0 Å². The number of hydrogen-bond acceptors (Lipinski definition) is 0. The van der Waals surface area contributed by atoms with Gasteiger partial charge in [-0.15, -0.1) is 6.58 Å². The van der Waals surface area contributed by atoms with Crippen LogP contribution in [0.5, 0.6) is 0 Å². The van der Waals surface area contributed by atoms with Crippen molar-refractivity contribution < 1.29 is 22.0 Å². The zero-order chi connectivity index (χ0) is 26.1. The van der Waals surface area contributed by atoms with Crippen LogP contribution in [-0.4, -0.2) is 0 Å². The van der Waals surface area contributed by atoms with Gasteiger partial charge in [-0.1, -0.05) is 6.08 Å². The smallest absolute Gasteiger partial charge is 0.194 e. The Morgan fingerprint density at radius 3 is 1.32 bits per heavy atom. The highest BCUT2D eigenvalue weighted by molar-refractivity contribution is 5.32. The zero-order valence-electron chi connectivity index (χ0n) is 21.4. The van der Waals surface area contributed by atoms with Crippen molar-refractivity contribution in [2.24, 2.45) is 17.8 Å². The molecule has 0 spiro atoms. The van der Waals surface area contributed by atoms with Crippen molar-refractivity contribution in [1.29, 1.82) is 0 Å². The molecule has 0 nitrogen and oxygen atoms in total. The van der Waals surface area contributed by atoms with Gasteiger partial charge >= 0.3 is 0 Å². The van der Waals surface area contributed by atoms with Gasteiger partial charge in [-0.25, -0.2) is 22.0 Å². The van der Waals surface area contributed by atoms with E-state index in [1.165, 1.54) is 0 Å². The van der Waals surface area contributed by atoms with Crippen molar-refractivity contribution in [3.05, 3.63) is 82.7 Å². The van der Waals surface area contributed by atoms with E-state index in [1.54, 1.807) is 12.1 Å². The maximum atomic E-state index is 15.2. The van der Waals surface area contributed by atoms with Gasteiger partial charge in [0.1, 0.15) is 11.6 Å². The zero-order valence-corrected chi connectivity index (χ0v) is 21.4. The summed E-state index contributed by atoms with van der Waals surface area (Å²) in [5.74, 6) is -2.67. The van der Waals surface area contributed by atoms with Gasteiger partial charge in [0, 0.05) is 5.56 Å². The van der Waals surface area contributed by atoms with Gasteiger partial charge in [0.25, 0.3) is 0 Å². The third-order valence-electron chi connectivity index (χ3n) is 9.77. The van der Waals surface area contributed by atoms with E-state index in [9.17, 15) is 13.2 Å². The lowest BCUT2D eigenvalue weighted by molar-refractivity contribution is 0.175. The maximum absolute atomic E-state index is 15.2. The Kier molecular flexibility index (Phi) is 8.07. The molecule has 0 unspecified atom stereocenters. The predicted molar refractivity (Wildman–Crippen MR) is 137 cm³/mol. The van der Waals surface area contributed by atoms with E-state index in [0.717, 1.165) is 94.7 Å². The van der Waals surface area contributed by atoms with E-state index in [2.05, 4.69) is 6.58 Å². The minimum Gasteiger partial charge on any atom is -0.207 e. The molecule has 0 bridgehead atoms. The van der Waals surface area contributed by atoms with Gasteiger partial charge in [-0.3, -0.25) is 0 Å². The molecule has 0 heterocycles. The van der Waals surface area contributed by atoms with Crippen LogP contribution < -0.4 is 0 Å². The summed E-state index contributed by atoms with van der Waals surface area (Å²) in [6.07, 6.45) is 13.0. The number of benzene rings is 2. The second-order valence-electron chi connectivity index (χ2n) is 11.8. The van der Waals surface area contributed by atoms with E-state index in [1.807, 2.05) is 6.08 Å². The molecule has 0 aliphatic heterocycles. The van der Waals surface area contributed by atoms with Crippen LogP contribution in [0.2, 0.25) is 0 Å². The molecule has 0 aromatic heterocycles. The lowest BCUT2D eigenvalue weighted by Crippen LogP contribution is -2.25. The van der Waals surface area contributed by atoms with Crippen molar-refractivity contribution in [3.63, 3.8) is 0 Å². The summed E-state index contributed by atoms with van der Waals surface area (Å²) in [5, 5.41) is 0. The molecular weight excluding hydrogens is 479 g/mol. The molecule has 0 N–H and O–H groups in total. The first-order chi connectivity index (χ1) is 17.8. The first-order valence-electron chi connectivity index (χ1n) is 14.1. The van der Waals surface area contributed by atoms with Crippen molar-refractivity contribution in [1.82, 2.24) is 0 Å². The van der Waals surface area contributed by atoms with Crippen LogP contribution in [0.25, 0.3) is 0 Å². The standard InChI is InChI=1S/C32H37F5/c1-2-19-3-5-22(6-4-19)25-15-27(33)31(28(34)16-25)24-13-11-21(12-14-24)20-7-9-23(10-8-20)26-17-29(35)32(37)30(36)18-26/h2,15-24H,1,3-14H2. The van der Waals surface area contributed by atoms with E-state index in [4.69, 9.17) is 0 Å². The Bertz CT molecular complexity index is 1050. The van der Waals surface area contributed by atoms with Gasteiger partial charge in [0.2, 0.25) is 0 Å². The van der Waals surface area contributed by atoms with Crippen molar-refractivity contribution >= 4 is 0 Å². The predicted octanol–water partition coefficient (Wildman–Crippen LogP) is 10.1. The normalized spacial score (nSPS) is 30.7. The molecule has 37 heavy (non-hydrogen) atoms. The Balaban J connectivity index is 1.16. The van der Waals surface area contributed by atoms with Crippen molar-refractivity contribution in [3.8, 4) is 0 Å². The largest absolute Gasteiger partial charge is 0.207 e. The molecule has 3 fully saturated rings. The highest BCUT2D eigenvalue weighted by Gasteiger charge is 2.34. The van der Waals surface area contributed by atoms with Crippen molar-refractivity contribution in [2.75, 3.05) is 0 Å². The molecule has 0 amide bonds. The summed E-state index contributed by atoms with van der Waals surface area (Å²) in [7, 11) is 0. The molecule has 2 aromatic carbocycles. The second kappa shape index (κ2) is 11.3. The third-order valence-corrected chi connectivity index (χ3v) is 9.77. The third kappa shape index (κ3) is 5.66. The molecule has 2 aromatic rings. The quantitative estimate of drug-likeness (QED) is 0.211. The Labute approximate surface area is 217 Å². The first-order valence-corrected chi connectivity index (χ1v) is 14.1. The number of halogens is 5. The average Bonchev–Trinajstić information content (AvgIpc) is 2.91. The highest BCUT2D eigenvalue weighted by atomic mass is 19.2.